The second kappa shape index (κ2) is 6.53. The van der Waals surface area contributed by atoms with Gasteiger partial charge in [0.05, 0.1) is 4.60 Å². The monoisotopic (exact) mass is 326 g/mol. The van der Waals surface area contributed by atoms with E-state index in [1.54, 1.807) is 11.9 Å². The lowest BCUT2D eigenvalue weighted by Crippen LogP contribution is -1.89. The maximum atomic E-state index is 3.53. The number of nitrogens with one attached hydrogen (secondary N) is 2. The van der Waals surface area contributed by atoms with Crippen molar-refractivity contribution < 1.29 is 0 Å². The number of anilines is 1. The molecule has 0 atom stereocenters. The number of halogens is 1. The molecule has 1 aromatic heterocycles. The number of fused-ring (bicyclic) bond motifs is 1. The van der Waals surface area contributed by atoms with Gasteiger partial charge in [0.25, 0.3) is 0 Å². The van der Waals surface area contributed by atoms with E-state index in [1.807, 2.05) is 0 Å². The van der Waals surface area contributed by atoms with Crippen molar-refractivity contribution in [1.29, 1.82) is 0 Å². The molecule has 4 heteroatoms. The van der Waals surface area contributed by atoms with Crippen LogP contribution in [0.25, 0.3) is 10.9 Å². The van der Waals surface area contributed by atoms with Crippen LogP contribution in [0.5, 0.6) is 0 Å². The number of benzene rings is 1. The standard InChI is InChI=1S/C14H19BrN2S/c1-3-4-5-8-18-17-11-6-7-13-12(9-11)10(2)14(15)16-13/h6-7,9,16-17H,3-5,8H2,1-2H3. The fraction of sp³-hybridized carbons (Fsp3) is 0.429. The van der Waals surface area contributed by atoms with Gasteiger partial charge in [-0.2, -0.15) is 0 Å². The first-order valence-corrected chi connectivity index (χ1v) is 8.16. The van der Waals surface area contributed by atoms with Gasteiger partial charge in [0.1, 0.15) is 0 Å². The van der Waals surface area contributed by atoms with Crippen molar-refractivity contribution >= 4 is 44.5 Å². The van der Waals surface area contributed by atoms with Gasteiger partial charge in [-0.15, -0.1) is 0 Å². The molecule has 2 aromatic rings. The van der Waals surface area contributed by atoms with Crippen molar-refractivity contribution in [3.8, 4) is 0 Å². The summed E-state index contributed by atoms with van der Waals surface area (Å²) in [6, 6.07) is 6.46. The molecular weight excluding hydrogens is 308 g/mol. The Morgan fingerprint density at radius 1 is 1.33 bits per heavy atom. The number of aryl methyl sites for hydroxylation is 1. The summed E-state index contributed by atoms with van der Waals surface area (Å²) in [5.41, 5.74) is 3.63. The number of unbranched alkanes of at least 4 members (excludes halogenated alkanes) is 2. The Labute approximate surface area is 121 Å². The molecule has 1 aromatic carbocycles. The third kappa shape index (κ3) is 3.23. The molecule has 0 unspecified atom stereocenters. The van der Waals surface area contributed by atoms with Gasteiger partial charge in [-0.1, -0.05) is 31.7 Å². The smallest absolute Gasteiger partial charge is 0.0860 e. The van der Waals surface area contributed by atoms with Crippen LogP contribution in [-0.2, 0) is 0 Å². The maximum Gasteiger partial charge on any atom is 0.0860 e. The third-order valence-corrected chi connectivity index (χ3v) is 4.70. The van der Waals surface area contributed by atoms with Crippen LogP contribution in [0.2, 0.25) is 0 Å². The summed E-state index contributed by atoms with van der Waals surface area (Å²) < 4.78 is 4.49. The summed E-state index contributed by atoms with van der Waals surface area (Å²) in [6.45, 7) is 4.36. The molecule has 2 rings (SSSR count). The first-order chi connectivity index (χ1) is 8.72. The Morgan fingerprint density at radius 2 is 2.17 bits per heavy atom. The lowest BCUT2D eigenvalue weighted by Gasteiger charge is -2.05. The average Bonchev–Trinajstić information content (AvgIpc) is 2.65. The van der Waals surface area contributed by atoms with Crippen molar-refractivity contribution in [2.24, 2.45) is 0 Å². The minimum Gasteiger partial charge on any atom is -0.349 e. The van der Waals surface area contributed by atoms with Gasteiger partial charge in [0.15, 0.2) is 0 Å². The Kier molecular flexibility index (Phi) is 5.01. The fourth-order valence-corrected chi connectivity index (χ4v) is 3.09. The molecule has 0 saturated carbocycles. The van der Waals surface area contributed by atoms with E-state index in [0.29, 0.717) is 0 Å². The summed E-state index contributed by atoms with van der Waals surface area (Å²) in [7, 11) is 0. The maximum absolute atomic E-state index is 3.53. The van der Waals surface area contributed by atoms with Crippen molar-refractivity contribution in [3.63, 3.8) is 0 Å². The summed E-state index contributed by atoms with van der Waals surface area (Å²) >= 11 is 5.33. The average molecular weight is 327 g/mol. The summed E-state index contributed by atoms with van der Waals surface area (Å²) in [6.07, 6.45) is 3.88. The molecule has 2 nitrogen and oxygen atoms in total. The molecule has 18 heavy (non-hydrogen) atoms. The zero-order valence-corrected chi connectivity index (χ0v) is 13.2. The highest BCUT2D eigenvalue weighted by Gasteiger charge is 2.05. The van der Waals surface area contributed by atoms with E-state index >= 15 is 0 Å². The molecule has 0 aliphatic heterocycles. The zero-order valence-electron chi connectivity index (χ0n) is 10.8. The molecule has 0 fully saturated rings. The van der Waals surface area contributed by atoms with Gasteiger partial charge in [-0.25, -0.2) is 0 Å². The first-order valence-electron chi connectivity index (χ1n) is 6.38. The number of aromatic amines is 1. The topological polar surface area (TPSA) is 27.8 Å². The van der Waals surface area contributed by atoms with Gasteiger partial charge in [-0.3, -0.25) is 0 Å². The van der Waals surface area contributed by atoms with E-state index < -0.39 is 0 Å². The number of hydrogen-bond donors (Lipinski definition) is 2. The second-order valence-corrected chi connectivity index (χ2v) is 6.18. The van der Waals surface area contributed by atoms with Gasteiger partial charge >= 0.3 is 0 Å². The molecule has 0 amide bonds. The normalized spacial score (nSPS) is 11.1. The van der Waals surface area contributed by atoms with E-state index in [4.69, 9.17) is 0 Å². The Balaban J connectivity index is 1.99. The lowest BCUT2D eigenvalue weighted by molar-refractivity contribution is 0.779. The quantitative estimate of drug-likeness (QED) is 0.542. The molecule has 98 valence electrons. The molecule has 0 aliphatic rings. The molecule has 1 heterocycles. The molecule has 0 saturated heterocycles. The van der Waals surface area contributed by atoms with E-state index in [-0.39, 0.29) is 0 Å². The molecule has 0 aliphatic carbocycles. The fourth-order valence-electron chi connectivity index (χ4n) is 1.92. The van der Waals surface area contributed by atoms with Gasteiger partial charge in [0, 0.05) is 22.3 Å². The van der Waals surface area contributed by atoms with Crippen LogP contribution >= 0.6 is 27.9 Å². The predicted molar refractivity (Wildman–Crippen MR) is 86.3 cm³/mol. The van der Waals surface area contributed by atoms with Gasteiger partial charge in [-0.05, 0) is 53.0 Å². The van der Waals surface area contributed by atoms with E-state index in [1.165, 1.54) is 47.2 Å². The largest absolute Gasteiger partial charge is 0.349 e. The molecular formula is C14H19BrN2S. The van der Waals surface area contributed by atoms with Crippen LogP contribution < -0.4 is 4.72 Å². The van der Waals surface area contributed by atoms with Crippen molar-refractivity contribution in [1.82, 2.24) is 4.98 Å². The van der Waals surface area contributed by atoms with Crippen LogP contribution in [0.15, 0.2) is 22.8 Å². The lowest BCUT2D eigenvalue weighted by atomic mass is 10.2. The highest BCUT2D eigenvalue weighted by atomic mass is 79.9. The van der Waals surface area contributed by atoms with Crippen molar-refractivity contribution in [2.75, 3.05) is 10.5 Å². The zero-order chi connectivity index (χ0) is 13.0. The second-order valence-electron chi connectivity index (χ2n) is 4.48. The van der Waals surface area contributed by atoms with Gasteiger partial charge < -0.3 is 9.71 Å². The van der Waals surface area contributed by atoms with Crippen LogP contribution in [0.3, 0.4) is 0 Å². The first kappa shape index (κ1) is 13.8. The molecule has 0 radical (unpaired) electrons. The van der Waals surface area contributed by atoms with E-state index in [0.717, 1.165) is 4.60 Å². The minimum atomic E-state index is 1.07. The Morgan fingerprint density at radius 3 is 2.94 bits per heavy atom. The van der Waals surface area contributed by atoms with E-state index in [2.05, 4.69) is 57.7 Å². The Hall–Kier alpha value is -0.610. The van der Waals surface area contributed by atoms with Crippen molar-refractivity contribution in [2.45, 2.75) is 33.1 Å². The summed E-state index contributed by atoms with van der Waals surface area (Å²) in [4.78, 5) is 3.32. The predicted octanol–water partition coefficient (Wildman–Crippen LogP) is 5.49. The summed E-state index contributed by atoms with van der Waals surface area (Å²) in [5.74, 6) is 1.17. The molecule has 0 spiro atoms. The van der Waals surface area contributed by atoms with Crippen LogP contribution in [-0.4, -0.2) is 10.7 Å². The number of hydrogen-bond acceptors (Lipinski definition) is 2. The minimum absolute atomic E-state index is 1.07. The highest BCUT2D eigenvalue weighted by molar-refractivity contribution is 9.10. The van der Waals surface area contributed by atoms with Crippen LogP contribution in [0.4, 0.5) is 5.69 Å². The van der Waals surface area contributed by atoms with Crippen molar-refractivity contribution in [3.05, 3.63) is 28.4 Å². The van der Waals surface area contributed by atoms with Crippen LogP contribution in [0.1, 0.15) is 31.7 Å². The van der Waals surface area contributed by atoms with E-state index in [9.17, 15) is 0 Å². The van der Waals surface area contributed by atoms with Crippen LogP contribution in [0, 0.1) is 6.92 Å². The molecule has 2 N–H and O–H groups in total. The van der Waals surface area contributed by atoms with Gasteiger partial charge in [0.2, 0.25) is 0 Å². The summed E-state index contributed by atoms with van der Waals surface area (Å²) in [5, 5.41) is 1.28. The number of aromatic nitrogens is 1. The number of H-pyrrole nitrogens is 1. The Bertz CT molecular complexity index is 522. The highest BCUT2D eigenvalue weighted by Crippen LogP contribution is 2.28. The SMILES string of the molecule is CCCCCSNc1ccc2[nH]c(Br)c(C)c2c1. The number of rotatable bonds is 6. The third-order valence-electron chi connectivity index (χ3n) is 3.04. The molecule has 0 bridgehead atoms.